The highest BCUT2D eigenvalue weighted by atomic mass is 79.9. The van der Waals surface area contributed by atoms with Crippen LogP contribution >= 0.6 is 28.3 Å². The van der Waals surface area contributed by atoms with Crippen molar-refractivity contribution in [1.82, 2.24) is 5.32 Å². The third-order valence-electron chi connectivity index (χ3n) is 4.42. The van der Waals surface area contributed by atoms with E-state index in [0.29, 0.717) is 32.2 Å². The van der Waals surface area contributed by atoms with Gasteiger partial charge < -0.3 is 20.5 Å². The number of fused-ring (bicyclic) bond motifs is 1. The number of benzene rings is 1. The molecule has 0 aromatic heterocycles. The van der Waals surface area contributed by atoms with Gasteiger partial charge in [0.2, 0.25) is 5.91 Å². The number of amides is 1. The molecule has 1 amide bonds. The molecule has 1 saturated carbocycles. The lowest BCUT2D eigenvalue weighted by Crippen LogP contribution is -2.34. The average molecular weight is 406 g/mol. The van der Waals surface area contributed by atoms with Crippen LogP contribution in [0.1, 0.15) is 24.8 Å². The number of nitrogens with one attached hydrogen (secondary N) is 1. The Labute approximate surface area is 150 Å². The summed E-state index contributed by atoms with van der Waals surface area (Å²) in [5.74, 6) is 1.96. The first-order valence-corrected chi connectivity index (χ1v) is 8.54. The van der Waals surface area contributed by atoms with Gasteiger partial charge in [-0.15, -0.1) is 12.4 Å². The second kappa shape index (κ2) is 8.22. The Morgan fingerprint density at radius 1 is 1.30 bits per heavy atom. The molecule has 7 heteroatoms. The van der Waals surface area contributed by atoms with Crippen molar-refractivity contribution in [2.24, 2.45) is 17.6 Å². The van der Waals surface area contributed by atoms with E-state index in [-0.39, 0.29) is 24.2 Å². The van der Waals surface area contributed by atoms with E-state index in [1.54, 1.807) is 0 Å². The fourth-order valence-corrected chi connectivity index (χ4v) is 3.85. The highest BCUT2D eigenvalue weighted by molar-refractivity contribution is 9.10. The molecular weight excluding hydrogens is 384 g/mol. The van der Waals surface area contributed by atoms with Gasteiger partial charge in [0.15, 0.2) is 11.5 Å². The summed E-state index contributed by atoms with van der Waals surface area (Å²) in [5.41, 5.74) is 6.74. The van der Waals surface area contributed by atoms with Crippen molar-refractivity contribution in [3.63, 3.8) is 0 Å². The molecular formula is C16H22BrClN2O3. The van der Waals surface area contributed by atoms with Gasteiger partial charge in [0.1, 0.15) is 13.2 Å². The second-order valence-corrected chi connectivity index (χ2v) is 6.71. The molecule has 3 rings (SSSR count). The molecule has 1 aromatic carbocycles. The van der Waals surface area contributed by atoms with Crippen LogP contribution in [0.2, 0.25) is 0 Å². The number of rotatable bonds is 4. The van der Waals surface area contributed by atoms with Gasteiger partial charge in [0.25, 0.3) is 0 Å². The maximum atomic E-state index is 12.3. The zero-order valence-corrected chi connectivity index (χ0v) is 15.2. The molecule has 0 radical (unpaired) electrons. The SMILES string of the molecule is Cl.NC[C@H]1CCC[C@H]1C(=O)NCc1cc(Br)c2c(c1)OCCO2. The summed E-state index contributed by atoms with van der Waals surface area (Å²) in [6.45, 7) is 2.19. The number of hydrogen-bond donors (Lipinski definition) is 2. The van der Waals surface area contributed by atoms with Crippen LogP contribution in [0.5, 0.6) is 11.5 Å². The first-order chi connectivity index (χ1) is 10.7. The molecule has 23 heavy (non-hydrogen) atoms. The number of carbonyl (C=O) groups excluding carboxylic acids is 1. The summed E-state index contributed by atoms with van der Waals surface area (Å²) in [4.78, 5) is 12.3. The predicted molar refractivity (Wildman–Crippen MR) is 94.1 cm³/mol. The molecule has 0 bridgehead atoms. The molecule has 1 fully saturated rings. The molecule has 0 unspecified atom stereocenters. The summed E-state index contributed by atoms with van der Waals surface area (Å²) in [5, 5.41) is 3.03. The van der Waals surface area contributed by atoms with Gasteiger partial charge in [-0.3, -0.25) is 4.79 Å². The number of halogens is 2. The van der Waals surface area contributed by atoms with Crippen LogP contribution in [0, 0.1) is 11.8 Å². The van der Waals surface area contributed by atoms with Crippen molar-refractivity contribution in [3.05, 3.63) is 22.2 Å². The van der Waals surface area contributed by atoms with Gasteiger partial charge >= 0.3 is 0 Å². The lowest BCUT2D eigenvalue weighted by Gasteiger charge is -2.21. The lowest BCUT2D eigenvalue weighted by molar-refractivity contribution is -0.126. The van der Waals surface area contributed by atoms with E-state index in [1.807, 2.05) is 12.1 Å². The average Bonchev–Trinajstić information content (AvgIpc) is 3.01. The quantitative estimate of drug-likeness (QED) is 0.807. The molecule has 1 heterocycles. The summed E-state index contributed by atoms with van der Waals surface area (Å²) in [6.07, 6.45) is 3.10. The summed E-state index contributed by atoms with van der Waals surface area (Å²) >= 11 is 3.49. The molecule has 2 atom stereocenters. The third-order valence-corrected chi connectivity index (χ3v) is 5.01. The van der Waals surface area contributed by atoms with Crippen molar-refractivity contribution in [2.45, 2.75) is 25.8 Å². The van der Waals surface area contributed by atoms with E-state index in [9.17, 15) is 4.79 Å². The minimum absolute atomic E-state index is 0. The standard InChI is InChI=1S/C16H21BrN2O3.ClH/c17-13-6-10(7-14-15(13)22-5-4-21-14)9-19-16(20)12-3-1-2-11(12)8-18;/h6-7,11-12H,1-5,8-9,18H2,(H,19,20);1H/t11-,12-;/m1./s1. The van der Waals surface area contributed by atoms with Crippen molar-refractivity contribution in [2.75, 3.05) is 19.8 Å². The number of ether oxygens (including phenoxy) is 2. The number of carbonyl (C=O) groups is 1. The van der Waals surface area contributed by atoms with Gasteiger partial charge in [0, 0.05) is 12.5 Å². The summed E-state index contributed by atoms with van der Waals surface area (Å²) < 4.78 is 12.0. The zero-order chi connectivity index (χ0) is 15.5. The van der Waals surface area contributed by atoms with Gasteiger partial charge in [-0.05, 0) is 58.9 Å². The Hall–Kier alpha value is -0.980. The van der Waals surface area contributed by atoms with Crippen LogP contribution in [0.25, 0.3) is 0 Å². The summed E-state index contributed by atoms with van der Waals surface area (Å²) in [6, 6.07) is 3.89. The van der Waals surface area contributed by atoms with Crippen molar-refractivity contribution in [3.8, 4) is 11.5 Å². The smallest absolute Gasteiger partial charge is 0.223 e. The highest BCUT2D eigenvalue weighted by Crippen LogP contribution is 2.38. The molecule has 0 spiro atoms. The van der Waals surface area contributed by atoms with Gasteiger partial charge in [0.05, 0.1) is 4.47 Å². The highest BCUT2D eigenvalue weighted by Gasteiger charge is 2.31. The van der Waals surface area contributed by atoms with Gasteiger partial charge in [-0.1, -0.05) is 6.42 Å². The first-order valence-electron chi connectivity index (χ1n) is 7.75. The fraction of sp³-hybridized carbons (Fsp3) is 0.562. The van der Waals surface area contributed by atoms with Crippen molar-refractivity contribution < 1.29 is 14.3 Å². The van der Waals surface area contributed by atoms with E-state index in [4.69, 9.17) is 15.2 Å². The van der Waals surface area contributed by atoms with Crippen LogP contribution in [-0.4, -0.2) is 25.7 Å². The van der Waals surface area contributed by atoms with E-state index >= 15 is 0 Å². The molecule has 5 nitrogen and oxygen atoms in total. The van der Waals surface area contributed by atoms with Crippen LogP contribution < -0.4 is 20.5 Å². The molecule has 128 valence electrons. The predicted octanol–water partition coefficient (Wildman–Crippen LogP) is 2.63. The molecule has 1 aliphatic heterocycles. The van der Waals surface area contributed by atoms with E-state index < -0.39 is 0 Å². The van der Waals surface area contributed by atoms with Crippen LogP contribution in [-0.2, 0) is 11.3 Å². The summed E-state index contributed by atoms with van der Waals surface area (Å²) in [7, 11) is 0. The number of hydrogen-bond acceptors (Lipinski definition) is 4. The minimum atomic E-state index is 0. The lowest BCUT2D eigenvalue weighted by atomic mass is 9.95. The van der Waals surface area contributed by atoms with Crippen molar-refractivity contribution >= 4 is 34.2 Å². The van der Waals surface area contributed by atoms with E-state index in [1.165, 1.54) is 0 Å². The van der Waals surface area contributed by atoms with E-state index in [2.05, 4.69) is 21.2 Å². The Morgan fingerprint density at radius 3 is 2.87 bits per heavy atom. The maximum Gasteiger partial charge on any atom is 0.223 e. The fourth-order valence-electron chi connectivity index (χ4n) is 3.25. The van der Waals surface area contributed by atoms with Crippen LogP contribution in [0.4, 0.5) is 0 Å². The molecule has 2 aliphatic rings. The first kappa shape index (κ1) is 18.4. The molecule has 3 N–H and O–H groups in total. The third kappa shape index (κ3) is 4.11. The Bertz CT molecular complexity index is 571. The maximum absolute atomic E-state index is 12.3. The molecule has 1 aromatic rings. The Balaban J connectivity index is 0.00000192. The number of nitrogens with two attached hydrogens (primary N) is 1. The van der Waals surface area contributed by atoms with Crippen molar-refractivity contribution in [1.29, 1.82) is 0 Å². The Morgan fingerprint density at radius 2 is 2.09 bits per heavy atom. The second-order valence-electron chi connectivity index (χ2n) is 5.85. The minimum Gasteiger partial charge on any atom is -0.486 e. The van der Waals surface area contributed by atoms with Gasteiger partial charge in [-0.25, -0.2) is 0 Å². The largest absolute Gasteiger partial charge is 0.486 e. The van der Waals surface area contributed by atoms with Crippen LogP contribution in [0.15, 0.2) is 16.6 Å². The Kier molecular flexibility index (Phi) is 6.56. The van der Waals surface area contributed by atoms with Gasteiger partial charge in [-0.2, -0.15) is 0 Å². The van der Waals surface area contributed by atoms with E-state index in [0.717, 1.165) is 40.8 Å². The molecule has 0 saturated heterocycles. The normalized spacial score (nSPS) is 22.3. The molecule has 1 aliphatic carbocycles. The topological polar surface area (TPSA) is 73.6 Å². The van der Waals surface area contributed by atoms with Crippen LogP contribution in [0.3, 0.4) is 0 Å². The zero-order valence-electron chi connectivity index (χ0n) is 12.8. The monoisotopic (exact) mass is 404 g/mol.